The first kappa shape index (κ1) is 12.0. The molecule has 1 aromatic carbocycles. The van der Waals surface area contributed by atoms with Gasteiger partial charge in [-0.2, -0.15) is 0 Å². The van der Waals surface area contributed by atoms with Gasteiger partial charge in [0.1, 0.15) is 11.9 Å². The lowest BCUT2D eigenvalue weighted by molar-refractivity contribution is 0.215. The summed E-state index contributed by atoms with van der Waals surface area (Å²) in [5.41, 5.74) is 1.55. The van der Waals surface area contributed by atoms with Crippen LogP contribution in [0.15, 0.2) is 36.7 Å². The topological polar surface area (TPSA) is 33.1 Å². The van der Waals surface area contributed by atoms with Gasteiger partial charge in [-0.3, -0.25) is 4.98 Å². The van der Waals surface area contributed by atoms with E-state index < -0.39 is 11.9 Å². The summed E-state index contributed by atoms with van der Waals surface area (Å²) in [4.78, 5) is 3.82. The Hall–Kier alpha value is -1.45. The van der Waals surface area contributed by atoms with Crippen LogP contribution in [0.25, 0.3) is 0 Å². The smallest absolute Gasteiger partial charge is 0.129 e. The van der Waals surface area contributed by atoms with Crippen molar-refractivity contribution in [2.24, 2.45) is 0 Å². The third kappa shape index (κ3) is 2.46. The lowest BCUT2D eigenvalue weighted by Crippen LogP contribution is -2.04. The van der Waals surface area contributed by atoms with Crippen molar-refractivity contribution in [2.45, 2.75) is 13.0 Å². The van der Waals surface area contributed by atoms with E-state index >= 15 is 0 Å². The SMILES string of the molecule is Cc1ccc(F)c(C(O)c2ccncc2Cl)c1. The van der Waals surface area contributed by atoms with Gasteiger partial charge < -0.3 is 5.11 Å². The first-order chi connectivity index (χ1) is 8.09. The Balaban J connectivity index is 2.47. The first-order valence-electron chi connectivity index (χ1n) is 5.13. The van der Waals surface area contributed by atoms with Crippen LogP contribution in [0.1, 0.15) is 22.8 Å². The largest absolute Gasteiger partial charge is 0.383 e. The number of halogens is 2. The second-order valence-electron chi connectivity index (χ2n) is 3.82. The third-order valence-electron chi connectivity index (χ3n) is 2.54. The van der Waals surface area contributed by atoms with E-state index in [4.69, 9.17) is 11.6 Å². The number of pyridine rings is 1. The molecule has 0 aliphatic heterocycles. The van der Waals surface area contributed by atoms with Gasteiger partial charge in [0, 0.05) is 23.5 Å². The Morgan fingerprint density at radius 1 is 1.29 bits per heavy atom. The average Bonchev–Trinajstić information content (AvgIpc) is 2.32. The summed E-state index contributed by atoms with van der Waals surface area (Å²) in [6.07, 6.45) is 1.86. The second kappa shape index (κ2) is 4.82. The molecule has 88 valence electrons. The molecule has 0 saturated heterocycles. The molecule has 0 aliphatic carbocycles. The molecule has 0 saturated carbocycles. The zero-order chi connectivity index (χ0) is 12.4. The summed E-state index contributed by atoms with van der Waals surface area (Å²) in [7, 11) is 0. The third-order valence-corrected chi connectivity index (χ3v) is 2.86. The molecular weight excluding hydrogens is 241 g/mol. The van der Waals surface area contributed by atoms with Crippen LogP contribution in [0.2, 0.25) is 5.02 Å². The van der Waals surface area contributed by atoms with E-state index in [9.17, 15) is 9.50 Å². The maximum Gasteiger partial charge on any atom is 0.129 e. The fourth-order valence-electron chi connectivity index (χ4n) is 1.65. The maximum absolute atomic E-state index is 13.6. The predicted octanol–water partition coefficient (Wildman–Crippen LogP) is 3.26. The molecule has 2 nitrogen and oxygen atoms in total. The van der Waals surface area contributed by atoms with Crippen molar-refractivity contribution in [3.05, 3.63) is 64.2 Å². The minimum absolute atomic E-state index is 0.220. The van der Waals surface area contributed by atoms with Crippen LogP contribution in [-0.2, 0) is 0 Å². The molecule has 1 atom stereocenters. The molecule has 1 unspecified atom stereocenters. The zero-order valence-corrected chi connectivity index (χ0v) is 9.95. The van der Waals surface area contributed by atoms with Crippen molar-refractivity contribution in [1.29, 1.82) is 0 Å². The van der Waals surface area contributed by atoms with E-state index in [0.29, 0.717) is 10.6 Å². The van der Waals surface area contributed by atoms with E-state index in [1.54, 1.807) is 18.2 Å². The Bertz CT molecular complexity index is 545. The Morgan fingerprint density at radius 2 is 2.06 bits per heavy atom. The molecule has 1 N–H and O–H groups in total. The molecule has 4 heteroatoms. The number of nitrogens with zero attached hydrogens (tertiary/aromatic N) is 1. The summed E-state index contributed by atoms with van der Waals surface area (Å²) >= 11 is 5.92. The fraction of sp³-hybridized carbons (Fsp3) is 0.154. The Morgan fingerprint density at radius 3 is 2.76 bits per heavy atom. The van der Waals surface area contributed by atoms with Crippen molar-refractivity contribution in [1.82, 2.24) is 4.98 Å². The van der Waals surface area contributed by atoms with Crippen LogP contribution < -0.4 is 0 Å². The van der Waals surface area contributed by atoms with Gasteiger partial charge in [0.2, 0.25) is 0 Å². The molecule has 0 spiro atoms. The van der Waals surface area contributed by atoms with E-state index in [2.05, 4.69) is 4.98 Å². The van der Waals surface area contributed by atoms with Crippen LogP contribution in [0.3, 0.4) is 0 Å². The molecule has 2 rings (SSSR count). The van der Waals surface area contributed by atoms with Crippen LogP contribution in [0.4, 0.5) is 4.39 Å². The number of aromatic nitrogens is 1. The summed E-state index contributed by atoms with van der Waals surface area (Å²) in [6.45, 7) is 1.84. The van der Waals surface area contributed by atoms with Gasteiger partial charge in [-0.1, -0.05) is 29.3 Å². The number of aryl methyl sites for hydroxylation is 1. The number of rotatable bonds is 2. The summed E-state index contributed by atoms with van der Waals surface area (Å²) < 4.78 is 13.6. The lowest BCUT2D eigenvalue weighted by Gasteiger charge is -2.14. The maximum atomic E-state index is 13.6. The Kier molecular flexibility index (Phi) is 3.41. The van der Waals surface area contributed by atoms with E-state index in [1.807, 2.05) is 6.92 Å². The number of benzene rings is 1. The minimum Gasteiger partial charge on any atom is -0.383 e. The molecule has 0 fully saturated rings. The molecular formula is C13H11ClFNO. The normalized spacial score (nSPS) is 12.5. The van der Waals surface area contributed by atoms with Crippen molar-refractivity contribution in [2.75, 3.05) is 0 Å². The second-order valence-corrected chi connectivity index (χ2v) is 4.23. The highest BCUT2D eigenvalue weighted by molar-refractivity contribution is 6.31. The summed E-state index contributed by atoms with van der Waals surface area (Å²) in [5.74, 6) is -0.448. The van der Waals surface area contributed by atoms with Gasteiger partial charge in [0.25, 0.3) is 0 Å². The molecule has 0 aliphatic rings. The standard InChI is InChI=1S/C13H11ClFNO/c1-8-2-3-12(15)10(6-8)13(17)9-4-5-16-7-11(9)14/h2-7,13,17H,1H3. The van der Waals surface area contributed by atoms with Crippen LogP contribution in [0, 0.1) is 12.7 Å². The highest BCUT2D eigenvalue weighted by Crippen LogP contribution is 2.29. The van der Waals surface area contributed by atoms with E-state index in [1.165, 1.54) is 18.5 Å². The highest BCUT2D eigenvalue weighted by atomic mass is 35.5. The molecule has 0 radical (unpaired) electrons. The van der Waals surface area contributed by atoms with Gasteiger partial charge >= 0.3 is 0 Å². The first-order valence-corrected chi connectivity index (χ1v) is 5.51. The van der Waals surface area contributed by atoms with Gasteiger partial charge in [0.15, 0.2) is 0 Å². The van der Waals surface area contributed by atoms with Gasteiger partial charge in [-0.05, 0) is 19.1 Å². The van der Waals surface area contributed by atoms with Crippen LogP contribution in [0.5, 0.6) is 0 Å². The van der Waals surface area contributed by atoms with Crippen molar-refractivity contribution >= 4 is 11.6 Å². The molecule has 0 amide bonds. The van der Waals surface area contributed by atoms with Crippen LogP contribution >= 0.6 is 11.6 Å². The van der Waals surface area contributed by atoms with Crippen molar-refractivity contribution in [3.63, 3.8) is 0 Å². The molecule has 0 bridgehead atoms. The molecule has 2 aromatic rings. The summed E-state index contributed by atoms with van der Waals surface area (Å²) in [5, 5.41) is 10.4. The van der Waals surface area contributed by atoms with Crippen molar-refractivity contribution in [3.8, 4) is 0 Å². The van der Waals surface area contributed by atoms with Gasteiger partial charge in [0.05, 0.1) is 5.02 Å². The van der Waals surface area contributed by atoms with Crippen molar-refractivity contribution < 1.29 is 9.50 Å². The zero-order valence-electron chi connectivity index (χ0n) is 9.19. The van der Waals surface area contributed by atoms with Crippen LogP contribution in [-0.4, -0.2) is 10.1 Å². The number of hydrogen-bond acceptors (Lipinski definition) is 2. The Labute approximate surface area is 104 Å². The average molecular weight is 252 g/mol. The van der Waals surface area contributed by atoms with Gasteiger partial charge in [-0.15, -0.1) is 0 Å². The van der Waals surface area contributed by atoms with E-state index in [-0.39, 0.29) is 5.56 Å². The highest BCUT2D eigenvalue weighted by Gasteiger charge is 2.17. The predicted molar refractivity (Wildman–Crippen MR) is 64.4 cm³/mol. The molecule has 1 heterocycles. The number of aliphatic hydroxyl groups excluding tert-OH is 1. The fourth-order valence-corrected chi connectivity index (χ4v) is 1.87. The quantitative estimate of drug-likeness (QED) is 0.889. The minimum atomic E-state index is -1.08. The number of aliphatic hydroxyl groups is 1. The monoisotopic (exact) mass is 251 g/mol. The number of hydrogen-bond donors (Lipinski definition) is 1. The molecule has 1 aromatic heterocycles. The van der Waals surface area contributed by atoms with Gasteiger partial charge in [-0.25, -0.2) is 4.39 Å². The summed E-state index contributed by atoms with van der Waals surface area (Å²) in [6, 6.07) is 6.17. The van der Waals surface area contributed by atoms with E-state index in [0.717, 1.165) is 5.56 Å². The lowest BCUT2D eigenvalue weighted by atomic mass is 10.0. The molecule has 17 heavy (non-hydrogen) atoms.